The number of aliphatic carboxylic acids is 1. The molecule has 0 unspecified atom stereocenters. The zero-order valence-electron chi connectivity index (χ0n) is 15.6. The van der Waals surface area contributed by atoms with Crippen LogP contribution in [0.2, 0.25) is 0 Å². The summed E-state index contributed by atoms with van der Waals surface area (Å²) in [6.07, 6.45) is 0.189. The number of carboxylic acids is 1. The van der Waals surface area contributed by atoms with Crippen molar-refractivity contribution in [3.63, 3.8) is 0 Å². The van der Waals surface area contributed by atoms with E-state index in [0.29, 0.717) is 35.6 Å². The molecule has 2 aromatic carbocycles. The van der Waals surface area contributed by atoms with Gasteiger partial charge in [0.15, 0.2) is 0 Å². The van der Waals surface area contributed by atoms with Gasteiger partial charge >= 0.3 is 5.97 Å². The van der Waals surface area contributed by atoms with Crippen LogP contribution in [0.15, 0.2) is 24.3 Å². The fraction of sp³-hybridized carbons (Fsp3) is 0.350. The molecule has 0 saturated carbocycles. The number of anilines is 1. The summed E-state index contributed by atoms with van der Waals surface area (Å²) in [5.41, 5.74) is 5.03. The second-order valence-corrected chi connectivity index (χ2v) is 8.71. The van der Waals surface area contributed by atoms with Gasteiger partial charge in [-0.3, -0.25) is 9.52 Å². The third-order valence-corrected chi connectivity index (χ3v) is 6.14. The minimum Gasteiger partial charge on any atom is -0.491 e. The van der Waals surface area contributed by atoms with Crippen molar-refractivity contribution < 1.29 is 23.1 Å². The highest BCUT2D eigenvalue weighted by Crippen LogP contribution is 2.43. The lowest BCUT2D eigenvalue weighted by Gasteiger charge is -2.26. The Morgan fingerprint density at radius 1 is 1.15 bits per heavy atom. The first kappa shape index (κ1) is 19.2. The van der Waals surface area contributed by atoms with Crippen molar-refractivity contribution in [2.24, 2.45) is 0 Å². The summed E-state index contributed by atoms with van der Waals surface area (Å²) in [6.45, 7) is 5.86. The van der Waals surface area contributed by atoms with Crippen LogP contribution in [0.1, 0.15) is 28.7 Å². The Labute approximate surface area is 159 Å². The summed E-state index contributed by atoms with van der Waals surface area (Å²) in [5.74, 6) is -0.528. The van der Waals surface area contributed by atoms with Gasteiger partial charge in [-0.15, -0.1) is 0 Å². The predicted molar refractivity (Wildman–Crippen MR) is 105 cm³/mol. The zero-order chi connectivity index (χ0) is 19.8. The molecule has 0 fully saturated rings. The lowest BCUT2D eigenvalue weighted by Crippen LogP contribution is -2.23. The maximum absolute atomic E-state index is 12.3. The van der Waals surface area contributed by atoms with Crippen LogP contribution in [0.3, 0.4) is 0 Å². The van der Waals surface area contributed by atoms with Crippen LogP contribution in [0.25, 0.3) is 11.1 Å². The lowest BCUT2D eigenvalue weighted by molar-refractivity contribution is -0.136. The van der Waals surface area contributed by atoms with Crippen molar-refractivity contribution in [1.82, 2.24) is 0 Å². The molecule has 27 heavy (non-hydrogen) atoms. The number of carboxylic acid groups (broad SMARTS) is 1. The molecule has 2 aromatic rings. The summed E-state index contributed by atoms with van der Waals surface area (Å²) < 4.78 is 33.1. The molecule has 1 aliphatic rings. The maximum Gasteiger partial charge on any atom is 0.307 e. The molecule has 0 aromatic heterocycles. The van der Waals surface area contributed by atoms with Gasteiger partial charge in [0.25, 0.3) is 0 Å². The van der Waals surface area contributed by atoms with Gasteiger partial charge in [0.2, 0.25) is 10.0 Å². The highest BCUT2D eigenvalue weighted by molar-refractivity contribution is 7.92. The number of benzene rings is 2. The smallest absolute Gasteiger partial charge is 0.307 e. The van der Waals surface area contributed by atoms with Crippen LogP contribution < -0.4 is 9.46 Å². The van der Waals surface area contributed by atoms with Gasteiger partial charge in [-0.2, -0.15) is 0 Å². The van der Waals surface area contributed by atoms with Crippen LogP contribution in [0, 0.1) is 20.8 Å². The molecule has 6 nitrogen and oxygen atoms in total. The van der Waals surface area contributed by atoms with Gasteiger partial charge in [0, 0.05) is 5.56 Å². The Bertz CT molecular complexity index is 994. The summed E-state index contributed by atoms with van der Waals surface area (Å²) in [4.78, 5) is 11.5. The van der Waals surface area contributed by atoms with Crippen molar-refractivity contribution in [1.29, 1.82) is 0 Å². The topological polar surface area (TPSA) is 92.7 Å². The number of rotatable bonds is 3. The molecule has 0 radical (unpaired) electrons. The van der Waals surface area contributed by atoms with E-state index in [1.807, 2.05) is 38.1 Å². The average molecular weight is 389 g/mol. The van der Waals surface area contributed by atoms with Crippen molar-refractivity contribution in [2.75, 3.05) is 17.1 Å². The predicted octanol–water partition coefficient (Wildman–Crippen LogP) is 3.43. The number of fused-ring (bicyclic) bond motifs is 1. The third kappa shape index (κ3) is 3.93. The van der Waals surface area contributed by atoms with Gasteiger partial charge in [-0.05, 0) is 49.4 Å². The van der Waals surface area contributed by atoms with Crippen LogP contribution in [0.5, 0.6) is 5.75 Å². The Morgan fingerprint density at radius 2 is 1.81 bits per heavy atom. The molecule has 7 heteroatoms. The number of ether oxygens (including phenoxy) is 1. The first-order chi connectivity index (χ1) is 12.7. The van der Waals surface area contributed by atoms with Crippen LogP contribution in [-0.2, 0) is 21.2 Å². The van der Waals surface area contributed by atoms with Gasteiger partial charge in [0.05, 0.1) is 24.5 Å². The summed E-state index contributed by atoms with van der Waals surface area (Å²) in [5, 5.41) is 9.44. The molecule has 0 bridgehead atoms. The quantitative estimate of drug-likeness (QED) is 0.839. The molecule has 1 aliphatic heterocycles. The number of sulfonamides is 1. The minimum atomic E-state index is -3.50. The van der Waals surface area contributed by atoms with E-state index in [-0.39, 0.29) is 12.2 Å². The number of hydrogen-bond donors (Lipinski definition) is 2. The first-order valence-electron chi connectivity index (χ1n) is 8.78. The number of carbonyl (C=O) groups is 1. The maximum atomic E-state index is 12.3. The highest BCUT2D eigenvalue weighted by atomic mass is 32.2. The van der Waals surface area contributed by atoms with E-state index in [1.165, 1.54) is 0 Å². The van der Waals surface area contributed by atoms with E-state index in [9.17, 15) is 18.3 Å². The Morgan fingerprint density at radius 3 is 2.44 bits per heavy atom. The second-order valence-electron chi connectivity index (χ2n) is 6.87. The molecular formula is C20H23NO5S. The number of hydrogen-bond acceptors (Lipinski definition) is 4. The minimum absolute atomic E-state index is 0.0289. The van der Waals surface area contributed by atoms with Crippen LogP contribution in [-0.4, -0.2) is 31.9 Å². The molecule has 144 valence electrons. The van der Waals surface area contributed by atoms with Crippen molar-refractivity contribution in [2.45, 2.75) is 33.6 Å². The van der Waals surface area contributed by atoms with Gasteiger partial charge in [-0.25, -0.2) is 8.42 Å². The molecule has 0 aliphatic carbocycles. The summed E-state index contributed by atoms with van der Waals surface area (Å²) in [7, 11) is -3.50. The molecule has 0 amide bonds. The Balaban J connectivity index is 2.32. The fourth-order valence-corrected chi connectivity index (χ4v) is 4.61. The van der Waals surface area contributed by atoms with E-state index in [2.05, 4.69) is 4.72 Å². The SMILES string of the molecule is Cc1ccc(-c2c(C)c3c(c(C)c2CC(=O)O)NS(=O)(=O)CCCO3)cc1. The molecule has 2 N–H and O–H groups in total. The monoisotopic (exact) mass is 389 g/mol. The fourth-order valence-electron chi connectivity index (χ4n) is 3.45. The normalized spacial score (nSPS) is 15.7. The Hall–Kier alpha value is -2.54. The number of aryl methyl sites for hydroxylation is 1. The summed E-state index contributed by atoms with van der Waals surface area (Å²) in [6, 6.07) is 7.83. The average Bonchev–Trinajstić information content (AvgIpc) is 2.57. The van der Waals surface area contributed by atoms with Crippen molar-refractivity contribution in [3.05, 3.63) is 46.5 Å². The van der Waals surface area contributed by atoms with Crippen molar-refractivity contribution >= 4 is 21.7 Å². The third-order valence-electron chi connectivity index (χ3n) is 4.80. The van der Waals surface area contributed by atoms with Gasteiger partial charge < -0.3 is 9.84 Å². The van der Waals surface area contributed by atoms with E-state index >= 15 is 0 Å². The lowest BCUT2D eigenvalue weighted by atomic mass is 9.88. The van der Waals surface area contributed by atoms with Gasteiger partial charge in [0.1, 0.15) is 5.75 Å². The van der Waals surface area contributed by atoms with Gasteiger partial charge in [-0.1, -0.05) is 29.8 Å². The van der Waals surface area contributed by atoms with E-state index in [1.54, 1.807) is 6.92 Å². The van der Waals surface area contributed by atoms with E-state index in [4.69, 9.17) is 4.74 Å². The van der Waals surface area contributed by atoms with Crippen LogP contribution >= 0.6 is 0 Å². The first-order valence-corrected chi connectivity index (χ1v) is 10.4. The largest absolute Gasteiger partial charge is 0.491 e. The Kier molecular flexibility index (Phi) is 5.15. The van der Waals surface area contributed by atoms with Crippen molar-refractivity contribution in [3.8, 4) is 16.9 Å². The molecule has 1 heterocycles. The van der Waals surface area contributed by atoms with E-state index < -0.39 is 16.0 Å². The number of nitrogens with one attached hydrogen (secondary N) is 1. The molecule has 0 saturated heterocycles. The molecule has 0 atom stereocenters. The molecule has 3 rings (SSSR count). The standard InChI is InChI=1S/C20H23NO5S/c1-12-5-7-15(8-6-12)18-14(3)20-19(13(2)16(18)11-17(22)23)21-27(24,25)10-4-9-26-20/h5-8,21H,4,9-11H2,1-3H3,(H,22,23). The highest BCUT2D eigenvalue weighted by Gasteiger charge is 2.27. The molecular weight excluding hydrogens is 366 g/mol. The molecule has 0 spiro atoms. The van der Waals surface area contributed by atoms with E-state index in [0.717, 1.165) is 22.3 Å². The summed E-state index contributed by atoms with van der Waals surface area (Å²) >= 11 is 0. The second kappa shape index (κ2) is 7.23. The van der Waals surface area contributed by atoms with Crippen LogP contribution in [0.4, 0.5) is 5.69 Å². The zero-order valence-corrected chi connectivity index (χ0v) is 16.4.